The maximum atomic E-state index is 10.6. The van der Waals surface area contributed by atoms with E-state index in [0.717, 1.165) is 5.69 Å². The first kappa shape index (κ1) is 8.99. The van der Waals surface area contributed by atoms with Gasteiger partial charge in [0.15, 0.2) is 4.77 Å². The Labute approximate surface area is 74.8 Å². The third kappa shape index (κ3) is 1.40. The van der Waals surface area contributed by atoms with E-state index in [0.29, 0.717) is 4.77 Å². The summed E-state index contributed by atoms with van der Waals surface area (Å²) in [5.74, 6) is -0.881. The van der Waals surface area contributed by atoms with Gasteiger partial charge in [-0.05, 0) is 26.1 Å². The molecule has 0 saturated heterocycles. The summed E-state index contributed by atoms with van der Waals surface area (Å²) >= 11 is 4.91. The van der Waals surface area contributed by atoms with Gasteiger partial charge in [-0.3, -0.25) is 0 Å². The van der Waals surface area contributed by atoms with Crippen LogP contribution in [0.25, 0.3) is 0 Å². The quantitative estimate of drug-likeness (QED) is 0.688. The van der Waals surface area contributed by atoms with E-state index >= 15 is 0 Å². The van der Waals surface area contributed by atoms with Crippen molar-refractivity contribution in [2.75, 3.05) is 0 Å². The average molecular weight is 186 g/mol. The number of nitrogens with zero attached hydrogens (tertiary/aromatic N) is 1. The van der Waals surface area contributed by atoms with E-state index in [9.17, 15) is 4.79 Å². The summed E-state index contributed by atoms with van der Waals surface area (Å²) in [6, 6.07) is -0.608. The molecule has 1 aromatic rings. The fraction of sp³-hybridized carbons (Fsp3) is 0.429. The van der Waals surface area contributed by atoms with E-state index in [2.05, 4.69) is 4.98 Å². The van der Waals surface area contributed by atoms with Crippen LogP contribution in [0.4, 0.5) is 0 Å². The lowest BCUT2D eigenvalue weighted by atomic mass is 10.3. The summed E-state index contributed by atoms with van der Waals surface area (Å²) in [5.41, 5.74) is 0.829. The van der Waals surface area contributed by atoms with Gasteiger partial charge in [-0.2, -0.15) is 0 Å². The van der Waals surface area contributed by atoms with Gasteiger partial charge in [0.2, 0.25) is 0 Å². The molecule has 0 aromatic carbocycles. The number of carbonyl (C=O) groups is 1. The lowest BCUT2D eigenvalue weighted by Crippen LogP contribution is -2.16. The summed E-state index contributed by atoms with van der Waals surface area (Å²) < 4.78 is 2.01. The summed E-state index contributed by atoms with van der Waals surface area (Å²) in [7, 11) is 0. The zero-order valence-electron chi connectivity index (χ0n) is 6.87. The number of H-pyrrole nitrogens is 1. The smallest absolute Gasteiger partial charge is 0.326 e. The van der Waals surface area contributed by atoms with Crippen LogP contribution in [0.1, 0.15) is 18.7 Å². The Hall–Kier alpha value is -1.10. The van der Waals surface area contributed by atoms with Crippen molar-refractivity contribution in [3.05, 3.63) is 16.7 Å². The molecule has 0 amide bonds. The molecule has 1 aromatic heterocycles. The second-order valence-corrected chi connectivity index (χ2v) is 3.01. The van der Waals surface area contributed by atoms with Crippen molar-refractivity contribution in [1.82, 2.24) is 9.55 Å². The van der Waals surface area contributed by atoms with Crippen LogP contribution in [0, 0.1) is 11.7 Å². The largest absolute Gasteiger partial charge is 0.480 e. The topological polar surface area (TPSA) is 58.0 Å². The summed E-state index contributed by atoms with van der Waals surface area (Å²) in [6.07, 6.45) is 1.70. The van der Waals surface area contributed by atoms with E-state index in [1.165, 1.54) is 0 Å². The van der Waals surface area contributed by atoms with Crippen molar-refractivity contribution in [2.24, 2.45) is 0 Å². The number of hydrogen-bond donors (Lipinski definition) is 2. The molecule has 0 fully saturated rings. The van der Waals surface area contributed by atoms with Gasteiger partial charge < -0.3 is 14.7 Å². The molecular formula is C7H10N2O2S. The summed E-state index contributed by atoms with van der Waals surface area (Å²) in [5, 5.41) is 8.72. The van der Waals surface area contributed by atoms with Crippen molar-refractivity contribution in [3.8, 4) is 0 Å². The fourth-order valence-corrected chi connectivity index (χ4v) is 1.42. The number of aromatic amines is 1. The van der Waals surface area contributed by atoms with E-state index in [1.807, 2.05) is 6.92 Å². The first-order valence-electron chi connectivity index (χ1n) is 3.53. The molecule has 1 rings (SSSR count). The van der Waals surface area contributed by atoms with Crippen LogP contribution in [0.2, 0.25) is 0 Å². The van der Waals surface area contributed by atoms with Crippen LogP contribution in [0.3, 0.4) is 0 Å². The van der Waals surface area contributed by atoms with Crippen LogP contribution >= 0.6 is 12.2 Å². The van der Waals surface area contributed by atoms with Gasteiger partial charge >= 0.3 is 5.97 Å². The third-order valence-electron chi connectivity index (χ3n) is 1.75. The predicted octanol–water partition coefficient (Wildman–Crippen LogP) is 1.50. The highest BCUT2D eigenvalue weighted by Crippen LogP contribution is 2.10. The van der Waals surface area contributed by atoms with Crippen LogP contribution in [-0.4, -0.2) is 20.6 Å². The SMILES string of the molecule is Cc1c[nH]c(=S)n1[C@@H](C)C(=O)O. The van der Waals surface area contributed by atoms with Gasteiger partial charge in [-0.1, -0.05) is 0 Å². The minimum atomic E-state index is -0.881. The highest BCUT2D eigenvalue weighted by molar-refractivity contribution is 7.71. The van der Waals surface area contributed by atoms with Gasteiger partial charge in [-0.25, -0.2) is 4.79 Å². The number of imidazole rings is 1. The van der Waals surface area contributed by atoms with Gasteiger partial charge in [0.05, 0.1) is 0 Å². The highest BCUT2D eigenvalue weighted by Gasteiger charge is 2.15. The molecule has 66 valence electrons. The maximum absolute atomic E-state index is 10.6. The lowest BCUT2D eigenvalue weighted by Gasteiger charge is -2.09. The van der Waals surface area contributed by atoms with Crippen LogP contribution in [-0.2, 0) is 4.79 Å². The number of nitrogens with one attached hydrogen (secondary N) is 1. The number of aliphatic carboxylic acids is 1. The van der Waals surface area contributed by atoms with E-state index in [4.69, 9.17) is 17.3 Å². The fourth-order valence-electron chi connectivity index (χ4n) is 1.06. The zero-order valence-corrected chi connectivity index (χ0v) is 7.68. The molecule has 0 aliphatic carbocycles. The monoisotopic (exact) mass is 186 g/mol. The molecule has 0 aliphatic rings. The minimum absolute atomic E-state index is 0.447. The predicted molar refractivity (Wildman–Crippen MR) is 46.7 cm³/mol. The molecule has 0 bridgehead atoms. The normalized spacial score (nSPS) is 12.8. The van der Waals surface area contributed by atoms with E-state index in [-0.39, 0.29) is 0 Å². The molecular weight excluding hydrogens is 176 g/mol. The molecule has 1 heterocycles. The first-order valence-corrected chi connectivity index (χ1v) is 3.94. The summed E-state index contributed by atoms with van der Waals surface area (Å²) in [4.78, 5) is 13.4. The molecule has 5 heteroatoms. The van der Waals surface area contributed by atoms with Crippen molar-refractivity contribution >= 4 is 18.2 Å². The molecule has 0 aliphatic heterocycles. The number of aromatic nitrogens is 2. The summed E-state index contributed by atoms with van der Waals surface area (Å²) in [6.45, 7) is 3.41. The number of hydrogen-bond acceptors (Lipinski definition) is 2. The molecule has 12 heavy (non-hydrogen) atoms. The van der Waals surface area contributed by atoms with Crippen molar-refractivity contribution in [3.63, 3.8) is 0 Å². The Kier molecular flexibility index (Phi) is 2.32. The molecule has 0 unspecified atom stereocenters. The van der Waals surface area contributed by atoms with Gasteiger partial charge in [0.25, 0.3) is 0 Å². The van der Waals surface area contributed by atoms with Gasteiger partial charge in [0.1, 0.15) is 6.04 Å². The Morgan fingerprint density at radius 3 is 2.75 bits per heavy atom. The second kappa shape index (κ2) is 3.10. The number of carboxylic acids is 1. The van der Waals surface area contributed by atoms with Crippen molar-refractivity contribution in [1.29, 1.82) is 0 Å². The molecule has 0 spiro atoms. The third-order valence-corrected chi connectivity index (χ3v) is 2.06. The molecule has 4 nitrogen and oxygen atoms in total. The Morgan fingerprint density at radius 1 is 1.83 bits per heavy atom. The molecule has 1 atom stereocenters. The number of rotatable bonds is 2. The van der Waals surface area contributed by atoms with E-state index in [1.54, 1.807) is 17.7 Å². The molecule has 2 N–H and O–H groups in total. The van der Waals surface area contributed by atoms with Gasteiger partial charge in [0, 0.05) is 11.9 Å². The van der Waals surface area contributed by atoms with Crippen LogP contribution in [0.15, 0.2) is 6.20 Å². The van der Waals surface area contributed by atoms with Crippen molar-refractivity contribution < 1.29 is 9.90 Å². The maximum Gasteiger partial charge on any atom is 0.326 e. The first-order chi connectivity index (χ1) is 5.54. The lowest BCUT2D eigenvalue weighted by molar-refractivity contribution is -0.140. The van der Waals surface area contributed by atoms with Crippen LogP contribution in [0.5, 0.6) is 0 Å². The second-order valence-electron chi connectivity index (χ2n) is 2.62. The average Bonchev–Trinajstić information content (AvgIpc) is 2.30. The minimum Gasteiger partial charge on any atom is -0.480 e. The Balaban J connectivity index is 3.18. The standard InChI is InChI=1S/C7H10N2O2S/c1-4-3-8-7(12)9(4)5(2)6(10)11/h3,5H,1-2H3,(H,8,12)(H,10,11)/t5-/m0/s1. The Morgan fingerprint density at radius 2 is 2.42 bits per heavy atom. The highest BCUT2D eigenvalue weighted by atomic mass is 32.1. The zero-order chi connectivity index (χ0) is 9.30. The molecule has 0 radical (unpaired) electrons. The number of aryl methyl sites for hydroxylation is 1. The Bertz CT molecular complexity index is 353. The number of carboxylic acid groups (broad SMARTS) is 1. The van der Waals surface area contributed by atoms with Crippen molar-refractivity contribution in [2.45, 2.75) is 19.9 Å². The van der Waals surface area contributed by atoms with Gasteiger partial charge in [-0.15, -0.1) is 0 Å². The van der Waals surface area contributed by atoms with E-state index < -0.39 is 12.0 Å². The van der Waals surface area contributed by atoms with Crippen LogP contribution < -0.4 is 0 Å². The molecule has 0 saturated carbocycles.